The Morgan fingerprint density at radius 1 is 0.955 bits per heavy atom. The average Bonchev–Trinajstić information content (AvgIpc) is 3.01. The van der Waals surface area contributed by atoms with Crippen molar-refractivity contribution in [1.82, 2.24) is 9.78 Å². The second kappa shape index (κ2) is 8.63. The minimum atomic E-state index is 0.659. The lowest BCUT2D eigenvalue weighted by atomic mass is 10.2. The molecule has 2 aromatic carbocycles. The molecule has 3 heteroatoms. The van der Waals surface area contributed by atoms with Crippen molar-refractivity contribution in [1.29, 1.82) is 5.26 Å². The van der Waals surface area contributed by atoms with E-state index in [0.29, 0.717) is 5.56 Å². The van der Waals surface area contributed by atoms with Gasteiger partial charge in [0, 0.05) is 11.6 Å². The van der Waals surface area contributed by atoms with E-state index in [0.717, 1.165) is 16.6 Å². The number of benzene rings is 2. The van der Waals surface area contributed by atoms with Gasteiger partial charge in [-0.15, -0.1) is 0 Å². The van der Waals surface area contributed by atoms with E-state index in [9.17, 15) is 0 Å². The summed E-state index contributed by atoms with van der Waals surface area (Å²) in [6.45, 7) is 10.1. The molecule has 0 atom stereocenters. The van der Waals surface area contributed by atoms with E-state index in [1.807, 2.05) is 50.7 Å². The molecule has 0 aliphatic rings. The molecule has 22 heavy (non-hydrogen) atoms. The van der Waals surface area contributed by atoms with Crippen LogP contribution in [0.3, 0.4) is 0 Å². The zero-order valence-electron chi connectivity index (χ0n) is 14.0. The summed E-state index contributed by atoms with van der Waals surface area (Å²) in [6.07, 6.45) is 2.00. The fourth-order valence-corrected chi connectivity index (χ4v) is 1.95. The van der Waals surface area contributed by atoms with Crippen LogP contribution in [0.1, 0.15) is 38.8 Å². The third-order valence-corrected chi connectivity index (χ3v) is 2.92. The Morgan fingerprint density at radius 2 is 1.59 bits per heavy atom. The lowest BCUT2D eigenvalue weighted by molar-refractivity contribution is 0.896. The van der Waals surface area contributed by atoms with Crippen molar-refractivity contribution in [3.8, 4) is 11.8 Å². The summed E-state index contributed by atoms with van der Waals surface area (Å²) in [7, 11) is 0. The smallest absolute Gasteiger partial charge is 0.0991 e. The molecule has 1 heterocycles. The van der Waals surface area contributed by atoms with E-state index in [-0.39, 0.29) is 0 Å². The Kier molecular flexibility index (Phi) is 6.85. The highest BCUT2D eigenvalue weighted by atomic mass is 15.3. The summed E-state index contributed by atoms with van der Waals surface area (Å²) in [5.41, 5.74) is 3.81. The predicted molar refractivity (Wildman–Crippen MR) is 93.2 cm³/mol. The molecule has 3 aromatic rings. The van der Waals surface area contributed by atoms with Gasteiger partial charge in [-0.1, -0.05) is 39.8 Å². The van der Waals surface area contributed by atoms with Gasteiger partial charge in [0.2, 0.25) is 0 Å². The van der Waals surface area contributed by atoms with Gasteiger partial charge >= 0.3 is 0 Å². The van der Waals surface area contributed by atoms with Crippen LogP contribution < -0.4 is 0 Å². The van der Waals surface area contributed by atoms with Crippen LogP contribution in [-0.2, 0) is 0 Å². The van der Waals surface area contributed by atoms with E-state index >= 15 is 0 Å². The molecule has 114 valence electrons. The molecular formula is C19H23N3. The molecule has 0 fully saturated rings. The molecule has 0 aliphatic heterocycles. The summed E-state index contributed by atoms with van der Waals surface area (Å²) in [6, 6.07) is 15.7. The SMILES string of the molecule is CC.CC.Cc1ccc2cn(-c3ccc(C#N)cc3)nc2c1. The Morgan fingerprint density at radius 3 is 2.18 bits per heavy atom. The third-order valence-electron chi connectivity index (χ3n) is 2.92. The molecule has 0 spiro atoms. The van der Waals surface area contributed by atoms with Gasteiger partial charge in [0.1, 0.15) is 0 Å². The Balaban J connectivity index is 0.000000561. The zero-order chi connectivity index (χ0) is 16.5. The lowest BCUT2D eigenvalue weighted by Gasteiger charge is -1.99. The topological polar surface area (TPSA) is 41.6 Å². The van der Waals surface area contributed by atoms with Crippen molar-refractivity contribution >= 4 is 10.9 Å². The van der Waals surface area contributed by atoms with Crippen LogP contribution in [0.25, 0.3) is 16.6 Å². The van der Waals surface area contributed by atoms with Crippen LogP contribution in [0.15, 0.2) is 48.7 Å². The summed E-state index contributed by atoms with van der Waals surface area (Å²) in [5.74, 6) is 0. The number of aryl methyl sites for hydroxylation is 1. The van der Waals surface area contributed by atoms with Crippen molar-refractivity contribution in [2.75, 3.05) is 0 Å². The summed E-state index contributed by atoms with van der Waals surface area (Å²) in [5, 5.41) is 14.4. The number of nitrogens with zero attached hydrogens (tertiary/aromatic N) is 3. The second-order valence-electron chi connectivity index (χ2n) is 4.29. The molecular weight excluding hydrogens is 270 g/mol. The van der Waals surface area contributed by atoms with Crippen LogP contribution >= 0.6 is 0 Å². The normalized spacial score (nSPS) is 9.09. The van der Waals surface area contributed by atoms with Gasteiger partial charge in [-0.05, 0) is 42.8 Å². The van der Waals surface area contributed by atoms with Gasteiger partial charge in [-0.3, -0.25) is 0 Å². The fraction of sp³-hybridized carbons (Fsp3) is 0.263. The lowest BCUT2D eigenvalue weighted by Crippen LogP contribution is -1.93. The number of fused-ring (bicyclic) bond motifs is 1. The number of hydrogen-bond acceptors (Lipinski definition) is 2. The van der Waals surface area contributed by atoms with Gasteiger partial charge in [0.25, 0.3) is 0 Å². The zero-order valence-corrected chi connectivity index (χ0v) is 14.0. The highest BCUT2D eigenvalue weighted by Crippen LogP contribution is 2.17. The monoisotopic (exact) mass is 293 g/mol. The predicted octanol–water partition coefficient (Wildman–Crippen LogP) is 5.26. The average molecular weight is 293 g/mol. The molecule has 0 saturated heterocycles. The molecule has 0 amide bonds. The minimum absolute atomic E-state index is 0.659. The first-order valence-electron chi connectivity index (χ1n) is 7.73. The van der Waals surface area contributed by atoms with Gasteiger partial charge < -0.3 is 0 Å². The minimum Gasteiger partial charge on any atom is -0.240 e. The maximum absolute atomic E-state index is 8.77. The van der Waals surface area contributed by atoms with Crippen molar-refractivity contribution in [2.45, 2.75) is 34.6 Å². The van der Waals surface area contributed by atoms with Gasteiger partial charge in [0.05, 0.1) is 22.8 Å². The summed E-state index contributed by atoms with van der Waals surface area (Å²) in [4.78, 5) is 0. The van der Waals surface area contributed by atoms with E-state index in [4.69, 9.17) is 5.26 Å². The maximum atomic E-state index is 8.77. The molecule has 0 unspecified atom stereocenters. The van der Waals surface area contributed by atoms with Crippen LogP contribution in [-0.4, -0.2) is 9.78 Å². The molecule has 0 radical (unpaired) electrons. The summed E-state index contributed by atoms with van der Waals surface area (Å²) < 4.78 is 1.84. The van der Waals surface area contributed by atoms with Gasteiger partial charge in [-0.2, -0.15) is 10.4 Å². The van der Waals surface area contributed by atoms with E-state index < -0.39 is 0 Å². The molecule has 1 aromatic heterocycles. The van der Waals surface area contributed by atoms with Gasteiger partial charge in [-0.25, -0.2) is 4.68 Å². The third kappa shape index (κ3) is 3.95. The molecule has 3 nitrogen and oxygen atoms in total. The first kappa shape index (κ1) is 17.5. The fourth-order valence-electron chi connectivity index (χ4n) is 1.95. The van der Waals surface area contributed by atoms with Crippen LogP contribution in [0.2, 0.25) is 0 Å². The standard InChI is InChI=1S/C15H11N3.2C2H6/c1-11-2-5-13-10-18(17-15(13)8-11)14-6-3-12(9-16)4-7-14;2*1-2/h2-8,10H,1H3;2*1-2H3. The van der Waals surface area contributed by atoms with Crippen LogP contribution in [0.5, 0.6) is 0 Å². The highest BCUT2D eigenvalue weighted by molar-refractivity contribution is 5.79. The quantitative estimate of drug-likeness (QED) is 0.614. The largest absolute Gasteiger partial charge is 0.240 e. The van der Waals surface area contributed by atoms with Crippen molar-refractivity contribution in [2.24, 2.45) is 0 Å². The first-order valence-corrected chi connectivity index (χ1v) is 7.73. The molecule has 0 saturated carbocycles. The van der Waals surface area contributed by atoms with Crippen molar-refractivity contribution < 1.29 is 0 Å². The van der Waals surface area contributed by atoms with Crippen molar-refractivity contribution in [3.63, 3.8) is 0 Å². The van der Waals surface area contributed by atoms with E-state index in [1.54, 1.807) is 12.1 Å². The van der Waals surface area contributed by atoms with Crippen LogP contribution in [0, 0.1) is 18.3 Å². The Labute approximate surface area is 132 Å². The molecule has 0 N–H and O–H groups in total. The first-order chi connectivity index (χ1) is 10.8. The van der Waals surface area contributed by atoms with Gasteiger partial charge in [0.15, 0.2) is 0 Å². The summed E-state index contributed by atoms with van der Waals surface area (Å²) >= 11 is 0. The van der Waals surface area contributed by atoms with E-state index in [2.05, 4.69) is 36.3 Å². The molecule has 0 aliphatic carbocycles. The number of nitriles is 1. The second-order valence-corrected chi connectivity index (χ2v) is 4.29. The highest BCUT2D eigenvalue weighted by Gasteiger charge is 2.02. The Bertz CT molecular complexity index is 746. The number of hydrogen-bond donors (Lipinski definition) is 0. The Hall–Kier alpha value is -2.60. The number of rotatable bonds is 1. The van der Waals surface area contributed by atoms with Crippen LogP contribution in [0.4, 0.5) is 0 Å². The maximum Gasteiger partial charge on any atom is 0.0991 e. The van der Waals surface area contributed by atoms with Crippen molar-refractivity contribution in [3.05, 3.63) is 59.8 Å². The molecule has 0 bridgehead atoms. The molecule has 3 rings (SSSR count). The number of aromatic nitrogens is 2. The van der Waals surface area contributed by atoms with E-state index in [1.165, 1.54) is 5.56 Å².